The van der Waals surface area contributed by atoms with Crippen LogP contribution in [0.3, 0.4) is 0 Å². The average molecular weight is 811 g/mol. The van der Waals surface area contributed by atoms with Crippen LogP contribution in [0.5, 0.6) is 0 Å². The second-order valence-corrected chi connectivity index (χ2v) is 18.3. The minimum absolute atomic E-state index is 0.105. The van der Waals surface area contributed by atoms with E-state index < -0.39 is 0 Å². The van der Waals surface area contributed by atoms with Gasteiger partial charge in [0.15, 0.2) is 5.78 Å². The van der Waals surface area contributed by atoms with Gasteiger partial charge in [0, 0.05) is 69.6 Å². The maximum atomic E-state index is 13.7. The molecule has 0 saturated carbocycles. The summed E-state index contributed by atoms with van der Waals surface area (Å²) in [7, 11) is 0. The Labute approximate surface area is 362 Å². The van der Waals surface area contributed by atoms with Gasteiger partial charge in [0.2, 0.25) is 0 Å². The molecule has 0 N–H and O–H groups in total. The number of aromatic nitrogens is 2. The summed E-state index contributed by atoms with van der Waals surface area (Å²) in [5.74, 6) is 0.105. The van der Waals surface area contributed by atoms with Crippen molar-refractivity contribution in [3.63, 3.8) is 0 Å². The fourth-order valence-electron chi connectivity index (χ4n) is 10.5. The molecule has 0 atom stereocenters. The SMILES string of the molecule is CC1(C)c2ccccc2C(=O)c2ccc(-c3ccc4c(c3)c3ccc(-c5ccc6c7ccccc7n(-c7ccc8c(c7)sc7ccccc78)c6c5)cc3n4-c3ccccc3)cc21. The molecule has 0 bridgehead atoms. The smallest absolute Gasteiger partial charge is 0.193 e. The minimum atomic E-state index is -0.302. The zero-order chi connectivity index (χ0) is 41.3. The Balaban J connectivity index is 0.973. The number of rotatable bonds is 4. The van der Waals surface area contributed by atoms with Gasteiger partial charge in [-0.2, -0.15) is 0 Å². The van der Waals surface area contributed by atoms with Crippen molar-refractivity contribution in [2.24, 2.45) is 0 Å². The van der Waals surface area contributed by atoms with Crippen molar-refractivity contribution in [1.82, 2.24) is 9.13 Å². The highest BCUT2D eigenvalue weighted by Gasteiger charge is 2.36. The van der Waals surface area contributed by atoms with Crippen molar-refractivity contribution < 1.29 is 4.79 Å². The maximum absolute atomic E-state index is 13.7. The van der Waals surface area contributed by atoms with Crippen LogP contribution in [0, 0.1) is 0 Å². The number of hydrogen-bond donors (Lipinski definition) is 0. The molecule has 0 spiro atoms. The van der Waals surface area contributed by atoms with Gasteiger partial charge in [-0.1, -0.05) is 141 Å². The Morgan fingerprint density at radius 1 is 0.371 bits per heavy atom. The largest absolute Gasteiger partial charge is 0.309 e. The molecule has 0 radical (unpaired) electrons. The summed E-state index contributed by atoms with van der Waals surface area (Å²) in [6.45, 7) is 4.47. The van der Waals surface area contributed by atoms with E-state index in [1.54, 1.807) is 0 Å². The molecule has 12 aromatic rings. The van der Waals surface area contributed by atoms with Gasteiger partial charge >= 0.3 is 0 Å². The van der Waals surface area contributed by atoms with E-state index in [2.05, 4.69) is 193 Å². The standard InChI is InChI=1S/C58H38N2OS/c1-58(2)49-17-9-6-16-46(49)57(61)47-27-22-36(31-50(47)58)35-23-29-52-48(30-35)43-26-21-38(33-54(43)59(52)39-12-4-3-5-13-39)37-20-25-42-41-14-7-10-18-51(41)60(53(42)32-37)40-24-28-45-44-15-8-11-19-55(44)62-56(45)34-40/h3-34H,1-2H3. The van der Waals surface area contributed by atoms with E-state index in [1.807, 2.05) is 35.6 Å². The van der Waals surface area contributed by atoms with E-state index in [4.69, 9.17) is 0 Å². The second kappa shape index (κ2) is 13.0. The van der Waals surface area contributed by atoms with Crippen molar-refractivity contribution in [2.45, 2.75) is 19.3 Å². The average Bonchev–Trinajstić information content (AvgIpc) is 3.97. The molecular weight excluding hydrogens is 773 g/mol. The number of carbonyl (C=O) groups is 1. The maximum Gasteiger partial charge on any atom is 0.193 e. The molecule has 62 heavy (non-hydrogen) atoms. The van der Waals surface area contributed by atoms with Crippen molar-refractivity contribution >= 4 is 80.9 Å². The molecule has 0 aliphatic heterocycles. The van der Waals surface area contributed by atoms with E-state index in [9.17, 15) is 4.79 Å². The summed E-state index contributed by atoms with van der Waals surface area (Å²) < 4.78 is 7.45. The monoisotopic (exact) mass is 810 g/mol. The van der Waals surface area contributed by atoms with Crippen molar-refractivity contribution in [1.29, 1.82) is 0 Å². The Hall–Kier alpha value is -7.53. The molecule has 0 fully saturated rings. The van der Waals surface area contributed by atoms with Crippen LogP contribution >= 0.6 is 11.3 Å². The Morgan fingerprint density at radius 2 is 0.919 bits per heavy atom. The Bertz CT molecular complexity index is 3860. The van der Waals surface area contributed by atoms with Gasteiger partial charge < -0.3 is 9.13 Å². The lowest BCUT2D eigenvalue weighted by Gasteiger charge is -2.34. The molecular formula is C58H38N2OS. The molecule has 9 aromatic carbocycles. The molecule has 0 saturated heterocycles. The summed E-state index contributed by atoms with van der Waals surface area (Å²) >= 11 is 1.86. The summed E-state index contributed by atoms with van der Waals surface area (Å²) in [6, 6.07) is 70.3. The second-order valence-electron chi connectivity index (χ2n) is 17.3. The Morgan fingerprint density at radius 3 is 1.74 bits per heavy atom. The highest BCUT2D eigenvalue weighted by atomic mass is 32.1. The molecule has 1 aliphatic rings. The summed E-state index contributed by atoms with van der Waals surface area (Å²) in [5, 5.41) is 7.50. The Kier molecular flexibility index (Phi) is 7.38. The topological polar surface area (TPSA) is 26.9 Å². The molecule has 3 aromatic heterocycles. The van der Waals surface area contributed by atoms with E-state index in [0.717, 1.165) is 50.1 Å². The third kappa shape index (κ3) is 5.02. The van der Waals surface area contributed by atoms with Crippen molar-refractivity contribution in [3.8, 4) is 33.6 Å². The van der Waals surface area contributed by atoms with Crippen LogP contribution < -0.4 is 0 Å². The van der Waals surface area contributed by atoms with Gasteiger partial charge in [-0.15, -0.1) is 11.3 Å². The molecule has 3 heterocycles. The fourth-order valence-corrected chi connectivity index (χ4v) is 11.6. The van der Waals surface area contributed by atoms with Gasteiger partial charge in [0.05, 0.1) is 22.1 Å². The van der Waals surface area contributed by atoms with E-state index in [-0.39, 0.29) is 11.2 Å². The first kappa shape index (κ1) is 35.2. The quantitative estimate of drug-likeness (QED) is 0.174. The van der Waals surface area contributed by atoms with Crippen LogP contribution in [0.15, 0.2) is 194 Å². The number of para-hydroxylation sites is 2. The highest BCUT2D eigenvalue weighted by Crippen LogP contribution is 2.44. The van der Waals surface area contributed by atoms with Gasteiger partial charge in [0.1, 0.15) is 0 Å². The normalized spacial score (nSPS) is 13.5. The number of fused-ring (bicyclic) bond motifs is 11. The first-order valence-electron chi connectivity index (χ1n) is 21.3. The number of hydrogen-bond acceptors (Lipinski definition) is 2. The zero-order valence-electron chi connectivity index (χ0n) is 34.2. The summed E-state index contributed by atoms with van der Waals surface area (Å²) in [4.78, 5) is 13.7. The third-order valence-corrected chi connectivity index (χ3v) is 14.7. The first-order chi connectivity index (χ1) is 30.4. The third-order valence-electron chi connectivity index (χ3n) is 13.5. The molecule has 13 rings (SSSR count). The molecule has 292 valence electrons. The van der Waals surface area contributed by atoms with Gasteiger partial charge in [-0.25, -0.2) is 0 Å². The molecule has 0 unspecified atom stereocenters. The lowest BCUT2D eigenvalue weighted by molar-refractivity contribution is 0.103. The summed E-state index contributed by atoms with van der Waals surface area (Å²) in [5.41, 5.74) is 15.0. The lowest BCUT2D eigenvalue weighted by atomic mass is 9.68. The van der Waals surface area contributed by atoms with Crippen molar-refractivity contribution in [3.05, 3.63) is 216 Å². The van der Waals surface area contributed by atoms with E-state index in [0.29, 0.717) is 0 Å². The van der Waals surface area contributed by atoms with Gasteiger partial charge in [-0.3, -0.25) is 4.79 Å². The minimum Gasteiger partial charge on any atom is -0.309 e. The number of carbonyl (C=O) groups excluding carboxylic acids is 1. The predicted molar refractivity (Wildman–Crippen MR) is 261 cm³/mol. The van der Waals surface area contributed by atoms with Crippen LogP contribution in [0.4, 0.5) is 0 Å². The summed E-state index contributed by atoms with van der Waals surface area (Å²) in [6.07, 6.45) is 0. The van der Waals surface area contributed by atoms with Crippen LogP contribution in [0.2, 0.25) is 0 Å². The number of ketones is 1. The first-order valence-corrected chi connectivity index (χ1v) is 22.1. The van der Waals surface area contributed by atoms with E-state index in [1.165, 1.54) is 69.6 Å². The van der Waals surface area contributed by atoms with E-state index >= 15 is 0 Å². The molecule has 4 heteroatoms. The lowest BCUT2D eigenvalue weighted by Crippen LogP contribution is -2.30. The molecule has 0 amide bonds. The fraction of sp³-hybridized carbons (Fsp3) is 0.0517. The number of thiophene rings is 1. The van der Waals surface area contributed by atoms with Crippen molar-refractivity contribution in [2.75, 3.05) is 0 Å². The molecule has 1 aliphatic carbocycles. The zero-order valence-corrected chi connectivity index (χ0v) is 35.0. The van der Waals surface area contributed by atoms with Gasteiger partial charge in [0.25, 0.3) is 0 Å². The van der Waals surface area contributed by atoms with Crippen LogP contribution in [-0.4, -0.2) is 14.9 Å². The molecule has 3 nitrogen and oxygen atoms in total. The van der Waals surface area contributed by atoms with Crippen LogP contribution in [0.25, 0.3) is 97.4 Å². The van der Waals surface area contributed by atoms with Crippen LogP contribution in [-0.2, 0) is 5.41 Å². The van der Waals surface area contributed by atoms with Crippen LogP contribution in [0.1, 0.15) is 40.9 Å². The predicted octanol–water partition coefficient (Wildman–Crippen LogP) is 15.5. The highest BCUT2D eigenvalue weighted by molar-refractivity contribution is 7.25. The van der Waals surface area contributed by atoms with Gasteiger partial charge in [-0.05, 0) is 100 Å². The number of nitrogens with zero attached hydrogens (tertiary/aromatic N) is 2. The number of benzene rings is 9.